The fourth-order valence-corrected chi connectivity index (χ4v) is 5.49. The number of anilines is 1. The Morgan fingerprint density at radius 1 is 0.968 bits per heavy atom. The van der Waals surface area contributed by atoms with E-state index in [2.05, 4.69) is 24.1 Å². The second-order valence-corrected chi connectivity index (χ2v) is 9.96. The molecule has 1 amide bonds. The first kappa shape index (κ1) is 21.8. The lowest BCUT2D eigenvalue weighted by atomic mass is 10.1. The Morgan fingerprint density at radius 3 is 2.42 bits per heavy atom. The van der Waals surface area contributed by atoms with Gasteiger partial charge in [0.15, 0.2) is 0 Å². The third-order valence-electron chi connectivity index (χ3n) is 5.98. The number of rotatable bonds is 5. The number of amides is 1. The van der Waals surface area contributed by atoms with Crippen LogP contribution in [0, 0.1) is 0 Å². The minimum atomic E-state index is -3.49. The number of aryl methyl sites for hydroxylation is 1. The van der Waals surface area contributed by atoms with Crippen LogP contribution < -0.4 is 4.90 Å². The molecule has 2 aromatic carbocycles. The van der Waals surface area contributed by atoms with Crippen LogP contribution in [-0.2, 0) is 32.5 Å². The number of carbonyl (C=O) groups excluding carboxylic acids is 1. The van der Waals surface area contributed by atoms with Gasteiger partial charge in [-0.1, -0.05) is 30.3 Å². The van der Waals surface area contributed by atoms with Crippen LogP contribution in [0.5, 0.6) is 0 Å². The molecule has 31 heavy (non-hydrogen) atoms. The normalized spacial score (nSPS) is 17.8. The van der Waals surface area contributed by atoms with Gasteiger partial charge < -0.3 is 14.5 Å². The summed E-state index contributed by atoms with van der Waals surface area (Å²) in [5.74, 6) is 0.120. The lowest BCUT2D eigenvalue weighted by molar-refractivity contribution is -0.131. The zero-order valence-corrected chi connectivity index (χ0v) is 18.7. The number of nitrogens with zero attached hydrogens (tertiary/aromatic N) is 3. The van der Waals surface area contributed by atoms with Gasteiger partial charge in [-0.2, -0.15) is 4.31 Å². The van der Waals surface area contributed by atoms with Crippen molar-refractivity contribution in [2.24, 2.45) is 0 Å². The molecule has 2 aliphatic rings. The highest BCUT2D eigenvalue weighted by atomic mass is 32.2. The van der Waals surface area contributed by atoms with E-state index in [9.17, 15) is 13.2 Å². The minimum absolute atomic E-state index is 0.120. The van der Waals surface area contributed by atoms with E-state index in [1.807, 2.05) is 29.2 Å². The molecule has 0 radical (unpaired) electrons. The zero-order valence-electron chi connectivity index (χ0n) is 17.9. The number of likely N-dealkylation sites (N-methyl/N-ethyl adjacent to an activating group) is 1. The summed E-state index contributed by atoms with van der Waals surface area (Å²) in [6.07, 6.45) is 0.992. The van der Waals surface area contributed by atoms with Gasteiger partial charge in [-0.3, -0.25) is 4.79 Å². The highest BCUT2D eigenvalue weighted by molar-refractivity contribution is 7.89. The maximum atomic E-state index is 12.9. The molecule has 8 heteroatoms. The summed E-state index contributed by atoms with van der Waals surface area (Å²) < 4.78 is 32.2. The van der Waals surface area contributed by atoms with E-state index < -0.39 is 10.0 Å². The summed E-state index contributed by atoms with van der Waals surface area (Å²) >= 11 is 0. The fourth-order valence-electron chi connectivity index (χ4n) is 4.08. The van der Waals surface area contributed by atoms with E-state index in [-0.39, 0.29) is 10.8 Å². The molecule has 0 aromatic heterocycles. The summed E-state index contributed by atoms with van der Waals surface area (Å²) in [5, 5.41) is 0. The number of sulfonamides is 1. The van der Waals surface area contributed by atoms with Crippen LogP contribution in [0.1, 0.15) is 17.5 Å². The number of hydrogen-bond acceptors (Lipinski definition) is 5. The Kier molecular flexibility index (Phi) is 6.60. The van der Waals surface area contributed by atoms with Crippen molar-refractivity contribution in [1.29, 1.82) is 0 Å². The third-order valence-corrected chi connectivity index (χ3v) is 7.89. The van der Waals surface area contributed by atoms with Gasteiger partial charge in [0.1, 0.15) is 0 Å². The number of para-hydroxylation sites is 1. The molecule has 4 rings (SSSR count). The van der Waals surface area contributed by atoms with Crippen molar-refractivity contribution < 1.29 is 17.9 Å². The molecule has 0 atom stereocenters. The van der Waals surface area contributed by atoms with E-state index in [4.69, 9.17) is 4.74 Å². The molecule has 0 aliphatic carbocycles. The van der Waals surface area contributed by atoms with Crippen LogP contribution in [0.25, 0.3) is 0 Å². The second kappa shape index (κ2) is 9.38. The first-order chi connectivity index (χ1) is 14.9. The van der Waals surface area contributed by atoms with Crippen LogP contribution in [0.3, 0.4) is 0 Å². The van der Waals surface area contributed by atoms with Gasteiger partial charge in [-0.15, -0.1) is 0 Å². The van der Waals surface area contributed by atoms with Crippen molar-refractivity contribution in [2.75, 3.05) is 51.3 Å². The average molecular weight is 444 g/mol. The van der Waals surface area contributed by atoms with Gasteiger partial charge >= 0.3 is 0 Å². The van der Waals surface area contributed by atoms with Gasteiger partial charge in [0, 0.05) is 51.9 Å². The molecular formula is C23H29N3O4S. The summed E-state index contributed by atoms with van der Waals surface area (Å²) in [5.41, 5.74) is 3.30. The molecule has 2 heterocycles. The number of ether oxygens (including phenoxy) is 1. The van der Waals surface area contributed by atoms with Crippen molar-refractivity contribution in [1.82, 2.24) is 9.21 Å². The molecule has 0 spiro atoms. The molecule has 2 aliphatic heterocycles. The lowest BCUT2D eigenvalue weighted by Crippen LogP contribution is -2.40. The van der Waals surface area contributed by atoms with Crippen molar-refractivity contribution >= 4 is 21.6 Å². The molecule has 1 fully saturated rings. The van der Waals surface area contributed by atoms with E-state index in [0.29, 0.717) is 52.2 Å². The molecule has 0 bridgehead atoms. The topological polar surface area (TPSA) is 70.2 Å². The maximum Gasteiger partial charge on any atom is 0.243 e. The zero-order chi connectivity index (χ0) is 21.8. The van der Waals surface area contributed by atoms with E-state index >= 15 is 0 Å². The summed E-state index contributed by atoms with van der Waals surface area (Å²) in [6, 6.07) is 15.1. The molecule has 2 aromatic rings. The molecule has 166 valence electrons. The standard InChI is InChI=1S/C23H29N3O4S/c1-24-12-13-25(18-20-4-2-3-5-22(20)24)23(27)11-8-19-6-9-21(10-7-19)31(28,29)26-14-16-30-17-15-26/h2-7,9-10H,8,11-18H2,1H3. The summed E-state index contributed by atoms with van der Waals surface area (Å²) in [4.78, 5) is 17.3. The van der Waals surface area contributed by atoms with Crippen LogP contribution in [0.4, 0.5) is 5.69 Å². The number of benzene rings is 2. The van der Waals surface area contributed by atoms with Gasteiger partial charge in [-0.25, -0.2) is 8.42 Å². The van der Waals surface area contributed by atoms with Gasteiger partial charge in [0.05, 0.1) is 18.1 Å². The van der Waals surface area contributed by atoms with Gasteiger partial charge in [-0.05, 0) is 35.7 Å². The molecule has 7 nitrogen and oxygen atoms in total. The number of morpholine rings is 1. The molecule has 0 N–H and O–H groups in total. The summed E-state index contributed by atoms with van der Waals surface area (Å²) in [6.45, 7) is 3.74. The predicted molar refractivity (Wildman–Crippen MR) is 119 cm³/mol. The number of carbonyl (C=O) groups is 1. The quantitative estimate of drug-likeness (QED) is 0.708. The Bertz CT molecular complexity index is 1020. The van der Waals surface area contributed by atoms with Gasteiger partial charge in [0.25, 0.3) is 0 Å². The first-order valence-electron chi connectivity index (χ1n) is 10.7. The highest BCUT2D eigenvalue weighted by Gasteiger charge is 2.26. The summed E-state index contributed by atoms with van der Waals surface area (Å²) in [7, 11) is -1.44. The fraction of sp³-hybridized carbons (Fsp3) is 0.435. The highest BCUT2D eigenvalue weighted by Crippen LogP contribution is 2.24. The number of fused-ring (bicyclic) bond motifs is 1. The third kappa shape index (κ3) is 4.92. The number of hydrogen-bond donors (Lipinski definition) is 0. The van der Waals surface area contributed by atoms with Crippen molar-refractivity contribution in [3.05, 3.63) is 59.7 Å². The molecular weight excluding hydrogens is 414 g/mol. The monoisotopic (exact) mass is 443 g/mol. The van der Waals surface area contributed by atoms with Crippen molar-refractivity contribution in [3.8, 4) is 0 Å². The average Bonchev–Trinajstić information content (AvgIpc) is 2.97. The Hall–Kier alpha value is -2.42. The van der Waals surface area contributed by atoms with Crippen LogP contribution in [-0.4, -0.2) is 70.0 Å². The van der Waals surface area contributed by atoms with Crippen molar-refractivity contribution in [3.63, 3.8) is 0 Å². The van der Waals surface area contributed by atoms with E-state index in [0.717, 1.165) is 17.7 Å². The van der Waals surface area contributed by atoms with Crippen LogP contribution >= 0.6 is 0 Å². The Labute approximate surface area is 184 Å². The minimum Gasteiger partial charge on any atom is -0.379 e. The van der Waals surface area contributed by atoms with Crippen LogP contribution in [0.2, 0.25) is 0 Å². The first-order valence-corrected chi connectivity index (χ1v) is 12.1. The largest absolute Gasteiger partial charge is 0.379 e. The molecule has 1 saturated heterocycles. The molecule has 0 unspecified atom stereocenters. The predicted octanol–water partition coefficient (Wildman–Crippen LogP) is 2.12. The smallest absolute Gasteiger partial charge is 0.243 e. The van der Waals surface area contributed by atoms with Crippen LogP contribution in [0.15, 0.2) is 53.4 Å². The SMILES string of the molecule is CN1CCN(C(=O)CCc2ccc(S(=O)(=O)N3CCOCC3)cc2)Cc2ccccc21. The Morgan fingerprint density at radius 2 is 1.68 bits per heavy atom. The van der Waals surface area contributed by atoms with Gasteiger partial charge in [0.2, 0.25) is 15.9 Å². The van der Waals surface area contributed by atoms with E-state index in [1.165, 1.54) is 9.99 Å². The maximum absolute atomic E-state index is 12.9. The van der Waals surface area contributed by atoms with E-state index in [1.54, 1.807) is 12.1 Å². The second-order valence-electron chi connectivity index (χ2n) is 8.03. The lowest BCUT2D eigenvalue weighted by Gasteiger charge is -2.26. The Balaban J connectivity index is 1.36. The van der Waals surface area contributed by atoms with Crippen molar-refractivity contribution in [2.45, 2.75) is 24.3 Å². The molecule has 0 saturated carbocycles.